The highest BCUT2D eigenvalue weighted by Gasteiger charge is 2.50. The first-order valence-electron chi connectivity index (χ1n) is 7.37. The molecule has 9 heteroatoms. The third kappa shape index (κ3) is 3.24. The number of amides is 1. The zero-order valence-electron chi connectivity index (χ0n) is 13.5. The Labute approximate surface area is 133 Å². The summed E-state index contributed by atoms with van der Waals surface area (Å²) < 4.78 is 23.4. The molecule has 2 aliphatic heterocycles. The molecule has 1 unspecified atom stereocenters. The maximum atomic E-state index is 11.4. The molecule has 0 saturated carbocycles. The molecule has 3 atom stereocenters. The normalized spacial score (nSPS) is 32.1. The number of hydrogen-bond donors (Lipinski definition) is 3. The average Bonchev–Trinajstić information content (AvgIpc) is 3.14. The van der Waals surface area contributed by atoms with Crippen molar-refractivity contribution in [1.82, 2.24) is 15.4 Å². The van der Waals surface area contributed by atoms with Crippen LogP contribution in [0.25, 0.3) is 0 Å². The van der Waals surface area contributed by atoms with Crippen molar-refractivity contribution in [3.05, 3.63) is 17.7 Å². The number of aromatic nitrogens is 2. The van der Waals surface area contributed by atoms with E-state index in [-0.39, 0.29) is 11.9 Å². The molecular weight excluding hydrogens is 306 g/mol. The van der Waals surface area contributed by atoms with Gasteiger partial charge in [0, 0.05) is 0 Å². The topological polar surface area (TPSA) is 115 Å². The largest absolute Gasteiger partial charge is 0.348 e. The van der Waals surface area contributed by atoms with E-state index in [4.69, 9.17) is 24.2 Å². The summed E-state index contributed by atoms with van der Waals surface area (Å²) in [7, 11) is 0. The SMILES string of the molecule is CC1(C)OCC([C@H]2OC(C)(C)O[C@@H]2c2cnc(C(=O)NO)[nH]2)O1. The number of ether oxygens (including phenoxy) is 4. The third-order valence-corrected chi connectivity index (χ3v) is 3.74. The Kier molecular flexibility index (Phi) is 3.93. The highest BCUT2D eigenvalue weighted by atomic mass is 16.8. The molecule has 2 aliphatic rings. The van der Waals surface area contributed by atoms with Gasteiger partial charge in [0.2, 0.25) is 0 Å². The van der Waals surface area contributed by atoms with Gasteiger partial charge in [0.05, 0.1) is 18.5 Å². The summed E-state index contributed by atoms with van der Waals surface area (Å²) in [6, 6.07) is 0. The van der Waals surface area contributed by atoms with Crippen molar-refractivity contribution < 1.29 is 28.9 Å². The first-order chi connectivity index (χ1) is 10.7. The number of hydrogen-bond acceptors (Lipinski definition) is 7. The van der Waals surface area contributed by atoms with Crippen LogP contribution in [0.15, 0.2) is 6.20 Å². The molecule has 3 rings (SSSR count). The van der Waals surface area contributed by atoms with Crippen LogP contribution in [0.5, 0.6) is 0 Å². The van der Waals surface area contributed by atoms with Gasteiger partial charge in [-0.1, -0.05) is 0 Å². The molecule has 1 aromatic heterocycles. The van der Waals surface area contributed by atoms with E-state index in [1.807, 2.05) is 13.8 Å². The highest BCUT2D eigenvalue weighted by molar-refractivity contribution is 5.89. The van der Waals surface area contributed by atoms with Crippen LogP contribution in [-0.4, -0.2) is 51.5 Å². The monoisotopic (exact) mass is 327 g/mol. The van der Waals surface area contributed by atoms with Crippen LogP contribution in [0.3, 0.4) is 0 Å². The van der Waals surface area contributed by atoms with Crippen LogP contribution in [-0.2, 0) is 18.9 Å². The molecule has 128 valence electrons. The second-order valence-electron chi connectivity index (χ2n) is 6.52. The molecule has 2 saturated heterocycles. The van der Waals surface area contributed by atoms with Gasteiger partial charge in [-0.2, -0.15) is 0 Å². The zero-order chi connectivity index (χ0) is 16.8. The first-order valence-corrected chi connectivity index (χ1v) is 7.37. The lowest BCUT2D eigenvalue weighted by Crippen LogP contribution is -2.35. The van der Waals surface area contributed by atoms with Crippen LogP contribution in [0.1, 0.15) is 50.1 Å². The number of rotatable bonds is 3. The summed E-state index contributed by atoms with van der Waals surface area (Å²) in [5.74, 6) is -2.23. The summed E-state index contributed by atoms with van der Waals surface area (Å²) in [4.78, 5) is 18.2. The van der Waals surface area contributed by atoms with Crippen molar-refractivity contribution in [1.29, 1.82) is 0 Å². The number of nitrogens with one attached hydrogen (secondary N) is 2. The van der Waals surface area contributed by atoms with Gasteiger partial charge in [0.1, 0.15) is 18.3 Å². The Morgan fingerprint density at radius 3 is 2.65 bits per heavy atom. The first kappa shape index (κ1) is 16.3. The van der Waals surface area contributed by atoms with Crippen LogP contribution < -0.4 is 5.48 Å². The van der Waals surface area contributed by atoms with Crippen molar-refractivity contribution >= 4 is 5.91 Å². The minimum absolute atomic E-state index is 0.0153. The number of aromatic amines is 1. The number of carbonyl (C=O) groups is 1. The van der Waals surface area contributed by atoms with Crippen LogP contribution >= 0.6 is 0 Å². The summed E-state index contributed by atoms with van der Waals surface area (Å²) >= 11 is 0. The van der Waals surface area contributed by atoms with Crippen molar-refractivity contribution in [2.24, 2.45) is 0 Å². The molecule has 0 spiro atoms. The van der Waals surface area contributed by atoms with E-state index >= 15 is 0 Å². The van der Waals surface area contributed by atoms with Gasteiger partial charge >= 0.3 is 5.91 Å². The molecule has 0 radical (unpaired) electrons. The minimum atomic E-state index is -0.810. The van der Waals surface area contributed by atoms with Crippen LogP contribution in [0.4, 0.5) is 0 Å². The highest BCUT2D eigenvalue weighted by Crippen LogP contribution is 2.42. The van der Waals surface area contributed by atoms with Crippen LogP contribution in [0.2, 0.25) is 0 Å². The number of H-pyrrole nitrogens is 1. The molecule has 3 heterocycles. The Morgan fingerprint density at radius 1 is 1.30 bits per heavy atom. The molecule has 9 nitrogen and oxygen atoms in total. The maximum Gasteiger partial charge on any atom is 0.310 e. The lowest BCUT2D eigenvalue weighted by atomic mass is 10.1. The minimum Gasteiger partial charge on any atom is -0.348 e. The smallest absolute Gasteiger partial charge is 0.310 e. The maximum absolute atomic E-state index is 11.4. The number of carbonyl (C=O) groups excluding carboxylic acids is 1. The molecule has 23 heavy (non-hydrogen) atoms. The summed E-state index contributed by atoms with van der Waals surface area (Å²) in [6.07, 6.45) is 0.251. The molecular formula is C14H21N3O6. The molecule has 0 aliphatic carbocycles. The lowest BCUT2D eigenvalue weighted by molar-refractivity contribution is -0.174. The molecule has 1 aromatic rings. The number of nitrogens with zero attached hydrogens (tertiary/aromatic N) is 1. The van der Waals surface area contributed by atoms with Gasteiger partial charge < -0.3 is 23.9 Å². The van der Waals surface area contributed by atoms with Gasteiger partial charge in [0.15, 0.2) is 17.4 Å². The van der Waals surface area contributed by atoms with Crippen molar-refractivity contribution in [2.75, 3.05) is 6.61 Å². The molecule has 0 aromatic carbocycles. The summed E-state index contributed by atoms with van der Waals surface area (Å²) in [5.41, 5.74) is 2.09. The van der Waals surface area contributed by atoms with Crippen molar-refractivity contribution in [3.63, 3.8) is 0 Å². The third-order valence-electron chi connectivity index (χ3n) is 3.74. The lowest BCUT2D eigenvalue weighted by Gasteiger charge is -2.23. The summed E-state index contributed by atoms with van der Waals surface area (Å²) in [6.45, 7) is 7.66. The van der Waals surface area contributed by atoms with Gasteiger partial charge in [-0.15, -0.1) is 0 Å². The van der Waals surface area contributed by atoms with E-state index in [1.165, 1.54) is 11.7 Å². The Morgan fingerprint density at radius 2 is 2.04 bits per heavy atom. The fraction of sp³-hybridized carbons (Fsp3) is 0.714. The van der Waals surface area contributed by atoms with E-state index in [0.29, 0.717) is 12.3 Å². The second-order valence-corrected chi connectivity index (χ2v) is 6.52. The van der Waals surface area contributed by atoms with Gasteiger partial charge in [-0.25, -0.2) is 10.5 Å². The Hall–Kier alpha value is -1.52. The zero-order valence-corrected chi connectivity index (χ0v) is 13.5. The summed E-state index contributed by atoms with van der Waals surface area (Å²) in [5, 5.41) is 8.68. The fourth-order valence-electron chi connectivity index (χ4n) is 2.83. The number of hydroxylamine groups is 1. The van der Waals surface area contributed by atoms with Crippen molar-refractivity contribution in [2.45, 2.75) is 57.6 Å². The predicted molar refractivity (Wildman–Crippen MR) is 75.5 cm³/mol. The Bertz CT molecular complexity index is 599. The average molecular weight is 327 g/mol. The molecule has 3 N–H and O–H groups in total. The van der Waals surface area contributed by atoms with Gasteiger partial charge in [-0.3, -0.25) is 10.0 Å². The van der Waals surface area contributed by atoms with E-state index in [9.17, 15) is 4.79 Å². The second kappa shape index (κ2) is 5.53. The van der Waals surface area contributed by atoms with Crippen molar-refractivity contribution in [3.8, 4) is 0 Å². The molecule has 2 fully saturated rings. The molecule has 0 bridgehead atoms. The van der Waals surface area contributed by atoms with E-state index in [1.54, 1.807) is 13.8 Å². The van der Waals surface area contributed by atoms with E-state index in [0.717, 1.165) is 0 Å². The number of imidazole rings is 1. The van der Waals surface area contributed by atoms with E-state index in [2.05, 4.69) is 9.97 Å². The predicted octanol–water partition coefficient (Wildman–Crippen LogP) is 0.873. The Balaban J connectivity index is 1.83. The fourth-order valence-corrected chi connectivity index (χ4v) is 2.83. The van der Waals surface area contributed by atoms with Gasteiger partial charge in [0.25, 0.3) is 0 Å². The molecule has 1 amide bonds. The van der Waals surface area contributed by atoms with E-state index < -0.39 is 29.7 Å². The standard InChI is InChI=1S/C14H21N3O6/c1-13(2)20-6-8(21-13)10-9(22-14(3,4)23-10)7-5-15-11(16-7)12(18)17-19/h5,8-10,19H,6H2,1-4H3,(H,15,16)(H,17,18)/t8?,9-,10-/m1/s1. The van der Waals surface area contributed by atoms with Gasteiger partial charge in [-0.05, 0) is 27.7 Å². The van der Waals surface area contributed by atoms with Crippen LogP contribution in [0, 0.1) is 0 Å². The quantitative estimate of drug-likeness (QED) is 0.557.